The van der Waals surface area contributed by atoms with Gasteiger partial charge in [-0.05, 0) is 25.7 Å². The highest BCUT2D eigenvalue weighted by atomic mass is 16.4. The first-order valence-electron chi connectivity index (χ1n) is 6.16. The van der Waals surface area contributed by atoms with Gasteiger partial charge in [0.05, 0.1) is 11.8 Å². The quantitative estimate of drug-likeness (QED) is 0.629. The molecule has 0 bridgehead atoms. The van der Waals surface area contributed by atoms with Gasteiger partial charge >= 0.3 is 0 Å². The van der Waals surface area contributed by atoms with E-state index in [9.17, 15) is 19.5 Å². The summed E-state index contributed by atoms with van der Waals surface area (Å²) < 4.78 is 0. The number of nitrogens with zero attached hydrogens (tertiary/aromatic N) is 1. The van der Waals surface area contributed by atoms with Gasteiger partial charge in [0.15, 0.2) is 0 Å². The SMILES string of the molecule is O=C([O-])CCCN1C(=O)[C@H]2CCCC[C@H]2C1=O. The number of aliphatic carboxylic acids is 1. The van der Waals surface area contributed by atoms with E-state index in [0.29, 0.717) is 6.42 Å². The molecule has 5 nitrogen and oxygen atoms in total. The summed E-state index contributed by atoms with van der Waals surface area (Å²) in [7, 11) is 0. The predicted octanol–water partition coefficient (Wildman–Crippen LogP) is -0.308. The van der Waals surface area contributed by atoms with Crippen LogP contribution in [0.15, 0.2) is 0 Å². The number of fused-ring (bicyclic) bond motifs is 1. The van der Waals surface area contributed by atoms with Crippen LogP contribution in [0.4, 0.5) is 0 Å². The van der Waals surface area contributed by atoms with Crippen LogP contribution in [0, 0.1) is 11.8 Å². The molecule has 0 aromatic heterocycles. The fourth-order valence-corrected chi connectivity index (χ4v) is 2.83. The summed E-state index contributed by atoms with van der Waals surface area (Å²) in [5.41, 5.74) is 0. The average Bonchev–Trinajstić information content (AvgIpc) is 2.54. The number of carboxylic acids is 1. The number of carbonyl (C=O) groups excluding carboxylic acids is 3. The van der Waals surface area contributed by atoms with E-state index in [0.717, 1.165) is 25.7 Å². The van der Waals surface area contributed by atoms with E-state index in [-0.39, 0.29) is 36.6 Å². The van der Waals surface area contributed by atoms with Crippen LogP contribution < -0.4 is 5.11 Å². The van der Waals surface area contributed by atoms with Crippen LogP contribution in [0.3, 0.4) is 0 Å². The first-order valence-corrected chi connectivity index (χ1v) is 6.16. The second kappa shape index (κ2) is 4.85. The fourth-order valence-electron chi connectivity index (χ4n) is 2.83. The van der Waals surface area contributed by atoms with Gasteiger partial charge in [-0.25, -0.2) is 0 Å². The molecule has 5 heteroatoms. The fraction of sp³-hybridized carbons (Fsp3) is 0.750. The van der Waals surface area contributed by atoms with Crippen LogP contribution in [0.5, 0.6) is 0 Å². The molecule has 0 spiro atoms. The van der Waals surface area contributed by atoms with Gasteiger partial charge in [0.25, 0.3) is 0 Å². The molecule has 1 saturated heterocycles. The lowest BCUT2D eigenvalue weighted by Gasteiger charge is -2.19. The summed E-state index contributed by atoms with van der Waals surface area (Å²) in [6.45, 7) is 0.221. The number of hydrogen-bond acceptors (Lipinski definition) is 4. The smallest absolute Gasteiger partial charge is 0.233 e. The molecule has 1 aliphatic carbocycles. The third-order valence-electron chi connectivity index (χ3n) is 3.70. The molecule has 2 aliphatic rings. The maximum atomic E-state index is 12.0. The molecular weight excluding hydrogens is 222 g/mol. The minimum absolute atomic E-state index is 0.0990. The molecule has 0 radical (unpaired) electrons. The highest BCUT2D eigenvalue weighted by molar-refractivity contribution is 6.05. The Morgan fingerprint density at radius 1 is 1.18 bits per heavy atom. The third kappa shape index (κ3) is 2.33. The molecule has 1 saturated carbocycles. The van der Waals surface area contributed by atoms with Gasteiger partial charge in [0.2, 0.25) is 11.8 Å². The summed E-state index contributed by atoms with van der Waals surface area (Å²) in [5.74, 6) is -1.61. The van der Waals surface area contributed by atoms with Crippen molar-refractivity contribution in [3.05, 3.63) is 0 Å². The Morgan fingerprint density at radius 3 is 2.18 bits per heavy atom. The van der Waals surface area contributed by atoms with E-state index in [1.165, 1.54) is 4.90 Å². The van der Waals surface area contributed by atoms with E-state index < -0.39 is 5.97 Å². The number of hydrogen-bond donors (Lipinski definition) is 0. The van der Waals surface area contributed by atoms with Crippen molar-refractivity contribution >= 4 is 17.8 Å². The van der Waals surface area contributed by atoms with Gasteiger partial charge in [0.1, 0.15) is 0 Å². The molecule has 2 amide bonds. The number of carboxylic acid groups (broad SMARTS) is 1. The van der Waals surface area contributed by atoms with Crippen molar-refractivity contribution in [3.63, 3.8) is 0 Å². The van der Waals surface area contributed by atoms with Crippen molar-refractivity contribution in [3.8, 4) is 0 Å². The summed E-state index contributed by atoms with van der Waals surface area (Å²) in [5, 5.41) is 10.3. The molecule has 2 fully saturated rings. The topological polar surface area (TPSA) is 77.5 Å². The van der Waals surface area contributed by atoms with Crippen LogP contribution >= 0.6 is 0 Å². The lowest BCUT2D eigenvalue weighted by molar-refractivity contribution is -0.305. The van der Waals surface area contributed by atoms with Crippen LogP contribution in [-0.2, 0) is 14.4 Å². The molecule has 17 heavy (non-hydrogen) atoms. The summed E-state index contributed by atoms with van der Waals surface area (Å²) in [6, 6.07) is 0. The lowest BCUT2D eigenvalue weighted by Crippen LogP contribution is -2.33. The Balaban J connectivity index is 1.96. The Hall–Kier alpha value is -1.39. The van der Waals surface area contributed by atoms with E-state index in [1.54, 1.807) is 0 Å². The Morgan fingerprint density at radius 2 is 1.71 bits per heavy atom. The van der Waals surface area contributed by atoms with Crippen molar-refractivity contribution < 1.29 is 19.5 Å². The first kappa shape index (κ1) is 12.1. The van der Waals surface area contributed by atoms with Crippen LogP contribution in [0.2, 0.25) is 0 Å². The van der Waals surface area contributed by atoms with Gasteiger partial charge in [0, 0.05) is 12.5 Å². The largest absolute Gasteiger partial charge is 0.550 e. The molecule has 0 unspecified atom stereocenters. The summed E-state index contributed by atoms with van der Waals surface area (Å²) in [4.78, 5) is 35.5. The molecule has 0 aromatic carbocycles. The molecule has 0 N–H and O–H groups in total. The Bertz CT molecular complexity index is 328. The minimum atomic E-state index is -1.14. The van der Waals surface area contributed by atoms with Gasteiger partial charge in [-0.2, -0.15) is 0 Å². The Labute approximate surface area is 99.8 Å². The number of likely N-dealkylation sites (tertiary alicyclic amines) is 1. The molecular formula is C12H16NO4-. The lowest BCUT2D eigenvalue weighted by atomic mass is 9.81. The second-order valence-corrected chi connectivity index (χ2v) is 4.80. The van der Waals surface area contributed by atoms with Crippen LogP contribution in [0.25, 0.3) is 0 Å². The van der Waals surface area contributed by atoms with Crippen LogP contribution in [0.1, 0.15) is 38.5 Å². The van der Waals surface area contributed by atoms with Crippen molar-refractivity contribution in [1.29, 1.82) is 0 Å². The van der Waals surface area contributed by atoms with Gasteiger partial charge in [-0.3, -0.25) is 14.5 Å². The standard InChI is InChI=1S/C12H17NO4/c14-10(15)6-3-7-13-11(16)8-4-1-2-5-9(8)12(13)17/h8-9H,1-7H2,(H,14,15)/p-1/t8-,9+. The van der Waals surface area contributed by atoms with E-state index in [1.807, 2.05) is 0 Å². The van der Waals surface area contributed by atoms with Crippen molar-refractivity contribution in [2.24, 2.45) is 11.8 Å². The highest BCUT2D eigenvalue weighted by Crippen LogP contribution is 2.37. The maximum Gasteiger partial charge on any atom is 0.233 e. The number of rotatable bonds is 4. The van der Waals surface area contributed by atoms with Crippen molar-refractivity contribution in [2.45, 2.75) is 38.5 Å². The molecule has 2 rings (SSSR count). The molecule has 1 heterocycles. The van der Waals surface area contributed by atoms with Gasteiger partial charge in [-0.15, -0.1) is 0 Å². The normalized spacial score (nSPS) is 28.4. The zero-order valence-corrected chi connectivity index (χ0v) is 9.68. The zero-order valence-electron chi connectivity index (χ0n) is 9.68. The van der Waals surface area contributed by atoms with Crippen molar-refractivity contribution in [1.82, 2.24) is 4.90 Å². The van der Waals surface area contributed by atoms with Crippen molar-refractivity contribution in [2.75, 3.05) is 6.54 Å². The molecule has 94 valence electrons. The summed E-state index contributed by atoms with van der Waals surface area (Å²) in [6.07, 6.45) is 3.80. The van der Waals surface area contributed by atoms with E-state index in [4.69, 9.17) is 0 Å². The van der Waals surface area contributed by atoms with Gasteiger partial charge in [-0.1, -0.05) is 12.8 Å². The monoisotopic (exact) mass is 238 g/mol. The number of imide groups is 1. The molecule has 0 aromatic rings. The average molecular weight is 238 g/mol. The number of amides is 2. The molecule has 1 aliphatic heterocycles. The van der Waals surface area contributed by atoms with Crippen LogP contribution in [-0.4, -0.2) is 29.2 Å². The zero-order chi connectivity index (χ0) is 12.4. The highest BCUT2D eigenvalue weighted by Gasteiger charge is 2.47. The molecule has 2 atom stereocenters. The predicted molar refractivity (Wildman–Crippen MR) is 56.4 cm³/mol. The maximum absolute atomic E-state index is 12.0. The van der Waals surface area contributed by atoms with E-state index in [2.05, 4.69) is 0 Å². The number of carbonyl (C=O) groups is 3. The third-order valence-corrected chi connectivity index (χ3v) is 3.70. The van der Waals surface area contributed by atoms with E-state index >= 15 is 0 Å². The van der Waals surface area contributed by atoms with Gasteiger partial charge < -0.3 is 9.90 Å². The second-order valence-electron chi connectivity index (χ2n) is 4.80. The first-order chi connectivity index (χ1) is 8.11. The minimum Gasteiger partial charge on any atom is -0.550 e. The Kier molecular flexibility index (Phi) is 3.45. The summed E-state index contributed by atoms with van der Waals surface area (Å²) >= 11 is 0.